The number of amides is 4. The van der Waals surface area contributed by atoms with Gasteiger partial charge >= 0.3 is 18.2 Å². The highest BCUT2D eigenvalue weighted by Gasteiger charge is 2.38. The van der Waals surface area contributed by atoms with Crippen molar-refractivity contribution in [2.75, 3.05) is 13.1 Å². The summed E-state index contributed by atoms with van der Waals surface area (Å²) in [6.07, 6.45) is -0.518. The molecule has 1 heterocycles. The molecular weight excluding hydrogens is 753 g/mol. The van der Waals surface area contributed by atoms with E-state index in [4.69, 9.17) is 42.7 Å². The Morgan fingerprint density at radius 1 is 0.772 bits per heavy atom. The predicted molar refractivity (Wildman–Crippen MR) is 203 cm³/mol. The quantitative estimate of drug-likeness (QED) is 0.0449. The number of alkyl halides is 3. The second-order valence-corrected chi connectivity index (χ2v) is 12.4. The Kier molecular flexibility index (Phi) is 19.5. The smallest absolute Gasteiger partial charge is 0.475 e. The van der Waals surface area contributed by atoms with E-state index < -0.39 is 54.0 Å². The number of nitrogens with two attached hydrogens (primary N) is 3. The van der Waals surface area contributed by atoms with Gasteiger partial charge in [-0.25, -0.2) is 9.59 Å². The van der Waals surface area contributed by atoms with Gasteiger partial charge in [0.15, 0.2) is 5.96 Å². The Balaban J connectivity index is 0.00000146. The van der Waals surface area contributed by atoms with Crippen LogP contribution < -0.4 is 38.5 Å². The van der Waals surface area contributed by atoms with E-state index in [1.54, 1.807) is 48.8 Å². The lowest BCUT2D eigenvalue weighted by atomic mass is 9.91. The van der Waals surface area contributed by atoms with Gasteiger partial charge in [-0.3, -0.25) is 30.2 Å². The predicted octanol–water partition coefficient (Wildman–Crippen LogP) is 2.14. The maximum atomic E-state index is 13.9. The summed E-state index contributed by atoms with van der Waals surface area (Å²) in [5.74, 6) is -5.54. The van der Waals surface area contributed by atoms with Crippen molar-refractivity contribution in [3.63, 3.8) is 0 Å². The zero-order valence-corrected chi connectivity index (χ0v) is 30.8. The van der Waals surface area contributed by atoms with Gasteiger partial charge in [0.05, 0.1) is 5.92 Å². The van der Waals surface area contributed by atoms with Crippen LogP contribution in [0.4, 0.5) is 18.0 Å². The van der Waals surface area contributed by atoms with Gasteiger partial charge in [0.1, 0.15) is 24.5 Å². The molecular formula is C37H47F3N10O7. The molecule has 0 radical (unpaired) electrons. The van der Waals surface area contributed by atoms with Crippen molar-refractivity contribution < 1.29 is 47.0 Å². The number of pyridine rings is 1. The molecule has 0 spiro atoms. The van der Waals surface area contributed by atoms with E-state index in [0.29, 0.717) is 36.9 Å². The molecule has 57 heavy (non-hydrogen) atoms. The number of primary amides is 1. The van der Waals surface area contributed by atoms with E-state index in [9.17, 15) is 32.3 Å². The Morgan fingerprint density at radius 3 is 1.95 bits per heavy atom. The molecule has 308 valence electrons. The second kappa shape index (κ2) is 23.9. The Morgan fingerprint density at radius 2 is 1.39 bits per heavy atom. The minimum absolute atomic E-state index is 0.0735. The van der Waals surface area contributed by atoms with Gasteiger partial charge in [-0.1, -0.05) is 60.7 Å². The molecule has 1 aromatic heterocycles. The number of benzene rings is 2. The zero-order valence-electron chi connectivity index (χ0n) is 30.8. The van der Waals surface area contributed by atoms with Crippen molar-refractivity contribution in [2.24, 2.45) is 17.2 Å². The number of rotatable bonds is 20. The van der Waals surface area contributed by atoms with Gasteiger partial charge in [-0.05, 0) is 61.3 Å². The molecule has 4 amide bonds. The number of alkyl carbamates (subject to hydrolysis) is 1. The van der Waals surface area contributed by atoms with Crippen LogP contribution in [0.1, 0.15) is 60.3 Å². The number of aliphatic carboxylic acids is 1. The molecule has 2 aromatic carbocycles. The number of guanidine groups is 1. The molecule has 20 heteroatoms. The summed E-state index contributed by atoms with van der Waals surface area (Å²) in [6.45, 7) is 0.708. The maximum absolute atomic E-state index is 13.9. The SMILES string of the molecule is N=C(N)NCCC[C@H](NC(=O)[C@H](CCCCNC(=O)OCc1ccccc1)NC(=O)[C@H](Cc1ccc(C(=N)N)cc1)c1cccnc1)C(N)=O.O=C(O)C(F)(F)F. The number of unbranched alkanes of at least 4 members (excludes halogenated alkanes) is 1. The lowest BCUT2D eigenvalue weighted by molar-refractivity contribution is -0.192. The van der Waals surface area contributed by atoms with Crippen LogP contribution in [0, 0.1) is 10.8 Å². The van der Waals surface area contributed by atoms with Gasteiger partial charge in [0.25, 0.3) is 0 Å². The number of aromatic nitrogens is 1. The maximum Gasteiger partial charge on any atom is 0.490 e. The van der Waals surface area contributed by atoms with Crippen LogP contribution in [0.3, 0.4) is 0 Å². The molecule has 17 nitrogen and oxygen atoms in total. The number of carboxylic acid groups (broad SMARTS) is 1. The van der Waals surface area contributed by atoms with Gasteiger partial charge in [-0.2, -0.15) is 13.2 Å². The highest BCUT2D eigenvalue weighted by molar-refractivity contribution is 5.95. The van der Waals surface area contributed by atoms with Crippen LogP contribution >= 0.6 is 0 Å². The second-order valence-electron chi connectivity index (χ2n) is 12.4. The summed E-state index contributed by atoms with van der Waals surface area (Å²) in [4.78, 5) is 65.0. The number of nitrogens with zero attached hydrogens (tertiary/aromatic N) is 1. The number of carboxylic acids is 1. The number of hydrogen-bond acceptors (Lipinski definition) is 9. The molecule has 3 atom stereocenters. The van der Waals surface area contributed by atoms with Gasteiger partial charge in [0, 0.05) is 31.0 Å². The molecule has 0 aliphatic heterocycles. The van der Waals surface area contributed by atoms with Gasteiger partial charge in [-0.15, -0.1) is 0 Å². The minimum atomic E-state index is -5.08. The molecule has 13 N–H and O–H groups in total. The summed E-state index contributed by atoms with van der Waals surface area (Å²) in [5, 5.41) is 32.9. The highest BCUT2D eigenvalue weighted by atomic mass is 19.4. The van der Waals surface area contributed by atoms with Gasteiger partial charge in [0.2, 0.25) is 17.7 Å². The lowest BCUT2D eigenvalue weighted by Crippen LogP contribution is -2.53. The largest absolute Gasteiger partial charge is 0.490 e. The number of carbonyl (C=O) groups excluding carboxylic acids is 4. The first-order chi connectivity index (χ1) is 27.0. The third kappa shape index (κ3) is 18.4. The van der Waals surface area contributed by atoms with Crippen molar-refractivity contribution in [3.05, 3.63) is 101 Å². The summed E-state index contributed by atoms with van der Waals surface area (Å²) in [7, 11) is 0. The number of nitrogens with one attached hydrogen (secondary N) is 6. The Bertz CT molecular complexity index is 1780. The first kappa shape index (κ1) is 46.4. The number of halogens is 3. The van der Waals surface area contributed by atoms with Crippen molar-refractivity contribution in [2.45, 2.75) is 69.3 Å². The average molecular weight is 801 g/mol. The van der Waals surface area contributed by atoms with Crippen molar-refractivity contribution >= 4 is 41.6 Å². The van der Waals surface area contributed by atoms with Crippen LogP contribution in [0.25, 0.3) is 0 Å². The highest BCUT2D eigenvalue weighted by Crippen LogP contribution is 2.22. The number of carbonyl (C=O) groups is 5. The lowest BCUT2D eigenvalue weighted by Gasteiger charge is -2.25. The molecule has 0 unspecified atom stereocenters. The van der Waals surface area contributed by atoms with Crippen LogP contribution in [0.15, 0.2) is 79.1 Å². The topological polar surface area (TPSA) is 302 Å². The van der Waals surface area contributed by atoms with Crippen molar-refractivity contribution in [1.29, 1.82) is 10.8 Å². The van der Waals surface area contributed by atoms with E-state index in [1.165, 1.54) is 0 Å². The first-order valence-corrected chi connectivity index (χ1v) is 17.5. The molecule has 0 aliphatic carbocycles. The molecule has 0 fully saturated rings. The van der Waals surface area contributed by atoms with E-state index in [1.807, 2.05) is 30.3 Å². The number of hydrogen-bond donors (Lipinski definition) is 10. The average Bonchev–Trinajstić information content (AvgIpc) is 3.17. The fraction of sp³-hybridized carbons (Fsp3) is 0.351. The fourth-order valence-corrected chi connectivity index (χ4v) is 5.07. The van der Waals surface area contributed by atoms with Crippen LogP contribution in [0.5, 0.6) is 0 Å². The number of amidine groups is 1. The van der Waals surface area contributed by atoms with Crippen molar-refractivity contribution in [1.82, 2.24) is 26.3 Å². The van der Waals surface area contributed by atoms with E-state index in [0.717, 1.165) is 11.1 Å². The van der Waals surface area contributed by atoms with Crippen LogP contribution in [-0.2, 0) is 36.9 Å². The molecule has 0 bridgehead atoms. The minimum Gasteiger partial charge on any atom is -0.475 e. The molecule has 0 aliphatic rings. The Labute approximate surface area is 326 Å². The zero-order chi connectivity index (χ0) is 42.4. The summed E-state index contributed by atoms with van der Waals surface area (Å²) in [5.41, 5.74) is 19.3. The third-order valence-electron chi connectivity index (χ3n) is 8.03. The first-order valence-electron chi connectivity index (χ1n) is 17.5. The van der Waals surface area contributed by atoms with Crippen LogP contribution in [0.2, 0.25) is 0 Å². The third-order valence-corrected chi connectivity index (χ3v) is 8.03. The number of ether oxygens (including phenoxy) is 1. The molecule has 3 rings (SSSR count). The van der Waals surface area contributed by atoms with E-state index >= 15 is 0 Å². The normalized spacial score (nSPS) is 12.3. The van der Waals surface area contributed by atoms with E-state index in [2.05, 4.69) is 26.3 Å². The standard InChI is InChI=1S/C35H46N10O5.C2HF3O2/c36-30(37)25-15-13-23(14-16-25)20-27(26-10-6-17-41-21-26)32(47)45-29(33(48)44-28(31(38)46)12-7-19-42-34(39)40)11-4-5-18-43-35(49)50-22-24-8-2-1-3-9-24;3-2(4,5)1(6)7/h1-3,6,8-10,13-17,21,27-29H,4-5,7,11-12,18-20,22H2,(H3,36,37)(H2,38,46)(H,43,49)(H,44,48)(H,45,47)(H4,39,40,42);(H,6,7)/t27-,28+,29+;/m1./s1. The van der Waals surface area contributed by atoms with Crippen molar-refractivity contribution in [3.8, 4) is 0 Å². The summed E-state index contributed by atoms with van der Waals surface area (Å²) in [6, 6.07) is 17.7. The summed E-state index contributed by atoms with van der Waals surface area (Å²) >= 11 is 0. The number of nitrogen functional groups attached to an aromatic ring is 1. The van der Waals surface area contributed by atoms with Crippen LogP contribution in [-0.4, -0.2) is 83.0 Å². The molecule has 3 aromatic rings. The monoisotopic (exact) mass is 800 g/mol. The summed E-state index contributed by atoms with van der Waals surface area (Å²) < 4.78 is 37.0. The Hall–Kier alpha value is -6.73. The van der Waals surface area contributed by atoms with E-state index in [-0.39, 0.29) is 44.2 Å². The fourth-order valence-electron chi connectivity index (χ4n) is 5.07. The molecule has 0 saturated heterocycles. The van der Waals surface area contributed by atoms with Gasteiger partial charge < -0.3 is 48.3 Å². The molecule has 0 saturated carbocycles.